The predicted octanol–water partition coefficient (Wildman–Crippen LogP) is 2.64. The van der Waals surface area contributed by atoms with Gasteiger partial charge in [0.15, 0.2) is 0 Å². The Hall–Kier alpha value is -1.64. The Bertz CT molecular complexity index is 472. The van der Waals surface area contributed by atoms with Gasteiger partial charge in [-0.2, -0.15) is 4.99 Å². The molecule has 2 rings (SSSR count). The Morgan fingerprint density at radius 1 is 1.44 bits per heavy atom. The number of methoxy groups -OCH3 is 1. The van der Waals surface area contributed by atoms with Gasteiger partial charge in [0.25, 0.3) is 0 Å². The van der Waals surface area contributed by atoms with E-state index in [0.29, 0.717) is 6.61 Å². The van der Waals surface area contributed by atoms with Crippen LogP contribution in [0.1, 0.15) is 36.8 Å². The molecule has 1 aliphatic rings. The first kappa shape index (κ1) is 12.8. The van der Waals surface area contributed by atoms with Crippen molar-refractivity contribution < 1.29 is 14.6 Å². The third-order valence-electron chi connectivity index (χ3n) is 3.61. The van der Waals surface area contributed by atoms with Crippen molar-refractivity contribution in [2.75, 3.05) is 7.11 Å². The number of aromatic hydroxyl groups is 1. The molecular weight excluding hydrogens is 230 g/mol. The van der Waals surface area contributed by atoms with Crippen LogP contribution >= 0.6 is 0 Å². The topological polar surface area (TPSA) is 58.9 Å². The Labute approximate surface area is 106 Å². The smallest absolute Gasteiger partial charge is 0.235 e. The monoisotopic (exact) mass is 247 g/mol. The average Bonchev–Trinajstić information content (AvgIpc) is 2.82. The zero-order valence-corrected chi connectivity index (χ0v) is 10.5. The van der Waals surface area contributed by atoms with Gasteiger partial charge in [-0.25, -0.2) is 4.79 Å². The van der Waals surface area contributed by atoms with Gasteiger partial charge in [-0.3, -0.25) is 0 Å². The Kier molecular flexibility index (Phi) is 3.80. The van der Waals surface area contributed by atoms with E-state index in [1.54, 1.807) is 13.2 Å². The van der Waals surface area contributed by atoms with Crippen LogP contribution < -0.4 is 0 Å². The van der Waals surface area contributed by atoms with Crippen molar-refractivity contribution >= 4 is 6.08 Å². The fourth-order valence-electron chi connectivity index (χ4n) is 2.73. The molecule has 1 aromatic carbocycles. The Morgan fingerprint density at radius 2 is 2.17 bits per heavy atom. The lowest BCUT2D eigenvalue weighted by Crippen LogP contribution is -2.19. The number of benzene rings is 1. The summed E-state index contributed by atoms with van der Waals surface area (Å²) < 4.78 is 5.05. The SMILES string of the molecule is COCc1cccc(C2(N=C=O)CCCC2)c1O. The van der Waals surface area contributed by atoms with Crippen molar-refractivity contribution in [2.24, 2.45) is 4.99 Å². The van der Waals surface area contributed by atoms with Crippen LogP contribution in [0.4, 0.5) is 0 Å². The predicted molar refractivity (Wildman–Crippen MR) is 67.1 cm³/mol. The molecule has 0 saturated heterocycles. The molecule has 0 radical (unpaired) electrons. The fourth-order valence-corrected chi connectivity index (χ4v) is 2.73. The molecule has 0 aliphatic heterocycles. The molecule has 0 bridgehead atoms. The second-order valence-corrected chi connectivity index (χ2v) is 4.69. The molecular formula is C14H17NO3. The van der Waals surface area contributed by atoms with E-state index in [2.05, 4.69) is 4.99 Å². The summed E-state index contributed by atoms with van der Waals surface area (Å²) in [6.45, 7) is 0.348. The molecule has 18 heavy (non-hydrogen) atoms. The zero-order chi connectivity index (χ0) is 13.0. The lowest BCUT2D eigenvalue weighted by Gasteiger charge is -2.24. The summed E-state index contributed by atoms with van der Waals surface area (Å²) in [5.41, 5.74) is 0.857. The molecule has 4 nitrogen and oxygen atoms in total. The first-order valence-corrected chi connectivity index (χ1v) is 6.13. The third-order valence-corrected chi connectivity index (χ3v) is 3.61. The molecule has 0 aromatic heterocycles. The fraction of sp³-hybridized carbons (Fsp3) is 0.500. The summed E-state index contributed by atoms with van der Waals surface area (Å²) in [5, 5.41) is 10.3. The van der Waals surface area contributed by atoms with Gasteiger partial charge in [-0.15, -0.1) is 0 Å². The van der Waals surface area contributed by atoms with Crippen molar-refractivity contribution in [1.29, 1.82) is 0 Å². The molecule has 1 aliphatic carbocycles. The number of phenols is 1. The van der Waals surface area contributed by atoms with E-state index >= 15 is 0 Å². The van der Waals surface area contributed by atoms with E-state index in [0.717, 1.165) is 36.8 Å². The van der Waals surface area contributed by atoms with E-state index in [9.17, 15) is 9.90 Å². The highest BCUT2D eigenvalue weighted by molar-refractivity contribution is 5.47. The number of hydrogen-bond acceptors (Lipinski definition) is 4. The molecule has 1 saturated carbocycles. The lowest BCUT2D eigenvalue weighted by atomic mass is 9.87. The van der Waals surface area contributed by atoms with Crippen LogP contribution in [-0.2, 0) is 21.7 Å². The maximum atomic E-state index is 10.7. The maximum absolute atomic E-state index is 10.7. The van der Waals surface area contributed by atoms with Crippen molar-refractivity contribution in [3.63, 3.8) is 0 Å². The first-order chi connectivity index (χ1) is 8.73. The molecule has 0 unspecified atom stereocenters. The molecule has 96 valence electrons. The number of isocyanates is 1. The second-order valence-electron chi connectivity index (χ2n) is 4.69. The number of hydrogen-bond donors (Lipinski definition) is 1. The van der Waals surface area contributed by atoms with Crippen molar-refractivity contribution in [3.05, 3.63) is 29.3 Å². The molecule has 0 amide bonds. The van der Waals surface area contributed by atoms with Gasteiger partial charge in [-0.05, 0) is 12.8 Å². The van der Waals surface area contributed by atoms with E-state index in [-0.39, 0.29) is 5.75 Å². The zero-order valence-electron chi connectivity index (χ0n) is 10.5. The second kappa shape index (κ2) is 5.34. The average molecular weight is 247 g/mol. The van der Waals surface area contributed by atoms with Crippen molar-refractivity contribution in [1.82, 2.24) is 0 Å². The number of aliphatic imine (C=N–C) groups is 1. The van der Waals surface area contributed by atoms with Gasteiger partial charge in [0, 0.05) is 18.2 Å². The standard InChI is InChI=1S/C14H17NO3/c1-18-9-11-5-4-6-12(13(11)17)14(15-10-16)7-2-3-8-14/h4-6,17H,2-3,7-9H2,1H3. The number of nitrogens with zero attached hydrogens (tertiary/aromatic N) is 1. The summed E-state index contributed by atoms with van der Waals surface area (Å²) >= 11 is 0. The van der Waals surface area contributed by atoms with Gasteiger partial charge >= 0.3 is 0 Å². The normalized spacial score (nSPS) is 17.4. The quantitative estimate of drug-likeness (QED) is 0.657. The van der Waals surface area contributed by atoms with Crippen LogP contribution in [0.2, 0.25) is 0 Å². The Balaban J connectivity index is 2.48. The number of para-hydroxylation sites is 1. The van der Waals surface area contributed by atoms with Gasteiger partial charge < -0.3 is 9.84 Å². The largest absolute Gasteiger partial charge is 0.507 e. The van der Waals surface area contributed by atoms with Crippen LogP contribution in [0, 0.1) is 0 Å². The molecule has 0 atom stereocenters. The molecule has 1 fully saturated rings. The van der Waals surface area contributed by atoms with Crippen LogP contribution in [0.15, 0.2) is 23.2 Å². The van der Waals surface area contributed by atoms with E-state index in [4.69, 9.17) is 4.74 Å². The van der Waals surface area contributed by atoms with Crippen LogP contribution in [0.5, 0.6) is 5.75 Å². The maximum Gasteiger partial charge on any atom is 0.235 e. The summed E-state index contributed by atoms with van der Waals surface area (Å²) in [6.07, 6.45) is 5.25. The minimum absolute atomic E-state index is 0.195. The van der Waals surface area contributed by atoms with E-state index < -0.39 is 5.54 Å². The summed E-state index contributed by atoms with van der Waals surface area (Å²) in [7, 11) is 1.58. The molecule has 1 N–H and O–H groups in total. The van der Waals surface area contributed by atoms with Gasteiger partial charge in [0.1, 0.15) is 11.3 Å². The number of rotatable bonds is 4. The number of phenolic OH excluding ortho intramolecular Hbond substituents is 1. The van der Waals surface area contributed by atoms with Crippen LogP contribution in [0.25, 0.3) is 0 Å². The van der Waals surface area contributed by atoms with Crippen LogP contribution in [0.3, 0.4) is 0 Å². The van der Waals surface area contributed by atoms with Gasteiger partial charge in [0.2, 0.25) is 6.08 Å². The highest BCUT2D eigenvalue weighted by Gasteiger charge is 2.38. The molecule has 4 heteroatoms. The summed E-state index contributed by atoms with van der Waals surface area (Å²) in [5.74, 6) is 0.195. The van der Waals surface area contributed by atoms with Crippen molar-refractivity contribution in [3.8, 4) is 5.75 Å². The lowest BCUT2D eigenvalue weighted by molar-refractivity contribution is 0.181. The highest BCUT2D eigenvalue weighted by atomic mass is 16.5. The van der Waals surface area contributed by atoms with Crippen LogP contribution in [-0.4, -0.2) is 18.3 Å². The Morgan fingerprint density at radius 3 is 2.78 bits per heavy atom. The molecule has 1 aromatic rings. The van der Waals surface area contributed by atoms with E-state index in [1.807, 2.05) is 18.2 Å². The number of carbonyl (C=O) groups excluding carboxylic acids is 1. The molecule has 0 heterocycles. The molecule has 0 spiro atoms. The minimum atomic E-state index is -0.588. The highest BCUT2D eigenvalue weighted by Crippen LogP contribution is 2.46. The first-order valence-electron chi connectivity index (χ1n) is 6.13. The summed E-state index contributed by atoms with van der Waals surface area (Å²) in [6, 6.07) is 5.51. The third kappa shape index (κ3) is 2.17. The minimum Gasteiger partial charge on any atom is -0.507 e. The van der Waals surface area contributed by atoms with Crippen molar-refractivity contribution in [2.45, 2.75) is 37.8 Å². The van der Waals surface area contributed by atoms with Gasteiger partial charge in [0.05, 0.1) is 6.61 Å². The number of ether oxygens (including phenoxy) is 1. The van der Waals surface area contributed by atoms with E-state index in [1.165, 1.54) is 0 Å². The summed E-state index contributed by atoms with van der Waals surface area (Å²) in [4.78, 5) is 14.6. The van der Waals surface area contributed by atoms with Gasteiger partial charge in [-0.1, -0.05) is 31.0 Å².